The highest BCUT2D eigenvalue weighted by molar-refractivity contribution is 7.89. The number of nitrogens with zero attached hydrogens (tertiary/aromatic N) is 3. The van der Waals surface area contributed by atoms with Gasteiger partial charge in [-0.05, 0) is 56.6 Å². The van der Waals surface area contributed by atoms with Gasteiger partial charge in [-0.3, -0.25) is 14.5 Å². The molecule has 0 bridgehead atoms. The Hall–Kier alpha value is -2.47. The molecule has 0 atom stereocenters. The summed E-state index contributed by atoms with van der Waals surface area (Å²) < 4.78 is 40.4. The van der Waals surface area contributed by atoms with Crippen LogP contribution < -0.4 is 5.56 Å². The maximum atomic E-state index is 13.2. The minimum Gasteiger partial charge on any atom is -0.309 e. The summed E-state index contributed by atoms with van der Waals surface area (Å²) in [5.41, 5.74) is 0.371. The van der Waals surface area contributed by atoms with Gasteiger partial charge in [-0.1, -0.05) is 0 Å². The molecule has 32 heavy (non-hydrogen) atoms. The van der Waals surface area contributed by atoms with Gasteiger partial charge in [0, 0.05) is 19.6 Å². The Bertz CT molecular complexity index is 1330. The lowest BCUT2D eigenvalue weighted by molar-refractivity contribution is 0.102. The largest absolute Gasteiger partial charge is 0.309 e. The number of aromatic amines is 1. The zero-order chi connectivity index (χ0) is 23.0. The summed E-state index contributed by atoms with van der Waals surface area (Å²) in [5, 5.41) is 0.441. The van der Waals surface area contributed by atoms with Crippen LogP contribution in [0.15, 0.2) is 34.0 Å². The Morgan fingerprint density at radius 3 is 2.59 bits per heavy atom. The highest BCUT2D eigenvalue weighted by Gasteiger charge is 2.27. The van der Waals surface area contributed by atoms with Gasteiger partial charge in [-0.2, -0.15) is 4.31 Å². The Kier molecular flexibility index (Phi) is 6.26. The molecule has 0 spiro atoms. The lowest BCUT2D eigenvalue weighted by atomic mass is 10.2. The molecule has 0 amide bonds. The lowest BCUT2D eigenvalue weighted by Gasteiger charge is -2.21. The third-order valence-corrected chi connectivity index (χ3v) is 8.74. The third kappa shape index (κ3) is 4.38. The van der Waals surface area contributed by atoms with Gasteiger partial charge in [0.15, 0.2) is 5.78 Å². The topological polar surface area (TPSA) is 103 Å². The Balaban J connectivity index is 1.51. The van der Waals surface area contributed by atoms with Crippen LogP contribution in [0.5, 0.6) is 0 Å². The Morgan fingerprint density at radius 1 is 1.19 bits per heavy atom. The fourth-order valence-electron chi connectivity index (χ4n) is 3.91. The molecule has 1 saturated heterocycles. The zero-order valence-electron chi connectivity index (χ0n) is 17.7. The molecule has 1 aliphatic heterocycles. The number of fused-ring (bicyclic) bond motifs is 1. The molecule has 1 aliphatic rings. The average molecular weight is 479 g/mol. The summed E-state index contributed by atoms with van der Waals surface area (Å²) in [4.78, 5) is 34.9. The minimum atomic E-state index is -3.71. The molecule has 0 aliphatic carbocycles. The molecule has 0 saturated carbocycles. The van der Waals surface area contributed by atoms with Crippen LogP contribution in [-0.4, -0.2) is 59.6 Å². The molecule has 0 radical (unpaired) electrons. The lowest BCUT2D eigenvalue weighted by Crippen LogP contribution is -2.35. The molecule has 1 aromatic carbocycles. The van der Waals surface area contributed by atoms with Crippen molar-refractivity contribution in [3.63, 3.8) is 0 Å². The number of thiophene rings is 1. The number of hydrogen-bond donors (Lipinski definition) is 1. The predicted octanol–water partition coefficient (Wildman–Crippen LogP) is 2.53. The summed E-state index contributed by atoms with van der Waals surface area (Å²) in [6.45, 7) is 5.31. The van der Waals surface area contributed by atoms with Gasteiger partial charge in [-0.25, -0.2) is 17.8 Å². The number of aryl methyl sites for hydroxylation is 1. The average Bonchev–Trinajstić information content (AvgIpc) is 2.90. The van der Waals surface area contributed by atoms with Crippen LogP contribution in [0.4, 0.5) is 4.39 Å². The fourth-order valence-corrected chi connectivity index (χ4v) is 6.48. The molecule has 1 fully saturated rings. The number of halogens is 1. The van der Waals surface area contributed by atoms with E-state index in [1.54, 1.807) is 6.92 Å². The van der Waals surface area contributed by atoms with Crippen molar-refractivity contribution in [3.8, 4) is 0 Å². The van der Waals surface area contributed by atoms with Crippen molar-refractivity contribution in [2.75, 3.05) is 26.2 Å². The number of rotatable bonds is 5. The quantitative estimate of drug-likeness (QED) is 0.566. The molecule has 11 heteroatoms. The van der Waals surface area contributed by atoms with E-state index in [-0.39, 0.29) is 22.8 Å². The summed E-state index contributed by atoms with van der Waals surface area (Å²) in [6, 6.07) is 4.82. The van der Waals surface area contributed by atoms with Crippen molar-refractivity contribution < 1.29 is 17.6 Å². The van der Waals surface area contributed by atoms with Crippen LogP contribution in [0.1, 0.15) is 34.4 Å². The second kappa shape index (κ2) is 8.81. The van der Waals surface area contributed by atoms with Crippen LogP contribution >= 0.6 is 11.3 Å². The maximum absolute atomic E-state index is 13.2. The number of ketones is 1. The number of hydrogen-bond acceptors (Lipinski definition) is 7. The molecule has 0 unspecified atom stereocenters. The number of carbonyl (C=O) groups is 1. The van der Waals surface area contributed by atoms with Crippen LogP contribution in [0.3, 0.4) is 0 Å². The summed E-state index contributed by atoms with van der Waals surface area (Å²) in [5.74, 6) is -0.101. The fraction of sp³-hybridized carbons (Fsp3) is 0.381. The van der Waals surface area contributed by atoms with Crippen LogP contribution in [0, 0.1) is 12.7 Å². The number of aromatic nitrogens is 2. The van der Waals surface area contributed by atoms with E-state index in [1.807, 2.05) is 4.90 Å². The van der Waals surface area contributed by atoms with Crippen molar-refractivity contribution in [2.24, 2.45) is 0 Å². The molecular formula is C21H23FN4O4S2. The van der Waals surface area contributed by atoms with Gasteiger partial charge in [-0.15, -0.1) is 11.3 Å². The van der Waals surface area contributed by atoms with Crippen molar-refractivity contribution in [1.29, 1.82) is 0 Å². The molecule has 2 aromatic heterocycles. The number of H-pyrrole nitrogens is 1. The van der Waals surface area contributed by atoms with E-state index < -0.39 is 15.8 Å². The smallest absolute Gasteiger partial charge is 0.259 e. The van der Waals surface area contributed by atoms with E-state index in [4.69, 9.17) is 0 Å². The normalized spacial score (nSPS) is 16.3. The predicted molar refractivity (Wildman–Crippen MR) is 120 cm³/mol. The maximum Gasteiger partial charge on any atom is 0.259 e. The van der Waals surface area contributed by atoms with E-state index in [0.29, 0.717) is 59.1 Å². The minimum absolute atomic E-state index is 0.0677. The van der Waals surface area contributed by atoms with E-state index in [2.05, 4.69) is 9.97 Å². The van der Waals surface area contributed by atoms with E-state index >= 15 is 0 Å². The molecule has 3 heterocycles. The Morgan fingerprint density at radius 2 is 1.91 bits per heavy atom. The van der Waals surface area contributed by atoms with Gasteiger partial charge >= 0.3 is 0 Å². The second-order valence-electron chi connectivity index (χ2n) is 7.79. The first-order valence-corrected chi connectivity index (χ1v) is 12.4. The monoisotopic (exact) mass is 478 g/mol. The van der Waals surface area contributed by atoms with Crippen LogP contribution in [0.25, 0.3) is 10.2 Å². The molecular weight excluding hydrogens is 455 g/mol. The number of benzene rings is 1. The first-order valence-electron chi connectivity index (χ1n) is 10.2. The second-order valence-corrected chi connectivity index (χ2v) is 10.7. The zero-order valence-corrected chi connectivity index (χ0v) is 19.4. The molecule has 1 N–H and O–H groups in total. The SMILES string of the molecule is CC(=O)c1sc2nc(CN3CCCN(S(=O)(=O)c4ccc(F)cc4)CC3)[nH]c(=O)c2c1C. The number of carbonyl (C=O) groups excluding carboxylic acids is 1. The molecule has 170 valence electrons. The molecule has 3 aromatic rings. The standard InChI is InChI=1S/C21H23FN4O4S2/c1-13-18-20(28)23-17(24-21(18)31-19(13)14(2)27)12-25-8-3-9-26(11-10-25)32(29,30)16-6-4-15(22)5-7-16/h4-7H,3,8-12H2,1-2H3,(H,23,24,28). The summed E-state index contributed by atoms with van der Waals surface area (Å²) >= 11 is 1.22. The number of nitrogens with one attached hydrogen (secondary N) is 1. The van der Waals surface area contributed by atoms with Crippen molar-refractivity contribution in [3.05, 3.63) is 56.7 Å². The van der Waals surface area contributed by atoms with Crippen molar-refractivity contribution >= 4 is 37.4 Å². The third-order valence-electron chi connectivity index (χ3n) is 5.54. The van der Waals surface area contributed by atoms with Crippen molar-refractivity contribution in [2.45, 2.75) is 31.7 Å². The van der Waals surface area contributed by atoms with Crippen molar-refractivity contribution in [1.82, 2.24) is 19.2 Å². The molecule has 4 rings (SSSR count). The number of sulfonamides is 1. The van der Waals surface area contributed by atoms with Crippen LogP contribution in [-0.2, 0) is 16.6 Å². The van der Waals surface area contributed by atoms with E-state index in [9.17, 15) is 22.4 Å². The van der Waals surface area contributed by atoms with Crippen LogP contribution in [0.2, 0.25) is 0 Å². The highest BCUT2D eigenvalue weighted by Crippen LogP contribution is 2.27. The van der Waals surface area contributed by atoms with Gasteiger partial charge in [0.05, 0.1) is 21.7 Å². The first-order chi connectivity index (χ1) is 15.2. The molecule has 8 nitrogen and oxygen atoms in total. The first kappa shape index (κ1) is 22.7. The number of Topliss-reactive ketones (excluding diaryl/α,β-unsaturated/α-hetero) is 1. The van der Waals surface area contributed by atoms with Gasteiger partial charge in [0.1, 0.15) is 16.5 Å². The summed E-state index contributed by atoms with van der Waals surface area (Å²) in [6.07, 6.45) is 0.611. The summed E-state index contributed by atoms with van der Waals surface area (Å²) in [7, 11) is -3.71. The van der Waals surface area contributed by atoms with Gasteiger partial charge < -0.3 is 4.98 Å². The van der Waals surface area contributed by atoms with Gasteiger partial charge in [0.25, 0.3) is 5.56 Å². The van der Waals surface area contributed by atoms with E-state index in [1.165, 1.54) is 34.7 Å². The van der Waals surface area contributed by atoms with Gasteiger partial charge in [0.2, 0.25) is 10.0 Å². The highest BCUT2D eigenvalue weighted by atomic mass is 32.2. The van der Waals surface area contributed by atoms with E-state index in [0.717, 1.165) is 12.1 Å². The Labute approximate surface area is 188 Å².